The quantitative estimate of drug-likeness (QED) is 0.737. The van der Waals surface area contributed by atoms with Gasteiger partial charge in [0.15, 0.2) is 5.82 Å². The summed E-state index contributed by atoms with van der Waals surface area (Å²) in [6.07, 6.45) is 0. The van der Waals surface area contributed by atoms with Gasteiger partial charge in [-0.1, -0.05) is 48.5 Å². The lowest BCUT2D eigenvalue weighted by molar-refractivity contribution is -0.0320. The van der Waals surface area contributed by atoms with Crippen molar-refractivity contribution in [3.8, 4) is 11.4 Å². The van der Waals surface area contributed by atoms with Crippen molar-refractivity contribution < 1.29 is 4.74 Å². The van der Waals surface area contributed by atoms with Crippen LogP contribution in [0.3, 0.4) is 0 Å². The van der Waals surface area contributed by atoms with Crippen molar-refractivity contribution in [1.29, 1.82) is 0 Å². The Labute approximate surface area is 147 Å². The summed E-state index contributed by atoms with van der Waals surface area (Å²) in [6.45, 7) is 3.49. The lowest BCUT2D eigenvalue weighted by Crippen LogP contribution is -2.53. The molecule has 2 heterocycles. The maximum atomic E-state index is 5.33. The van der Waals surface area contributed by atoms with Gasteiger partial charge in [0.2, 0.25) is 0 Å². The molecule has 3 aromatic rings. The molecular weight excluding hydrogens is 312 g/mol. The van der Waals surface area contributed by atoms with Crippen molar-refractivity contribution in [2.75, 3.05) is 23.8 Å². The van der Waals surface area contributed by atoms with Gasteiger partial charge in [-0.05, 0) is 19.1 Å². The number of ether oxygens (including phenoxy) is 1. The van der Waals surface area contributed by atoms with E-state index in [2.05, 4.69) is 22.5 Å². The molecule has 1 aromatic heterocycles. The standard InChI is InChI=1S/C20H20N4O/c1-20(13-25-14-20)24-18-12-17(21-16-10-6-3-7-11-16)22-19(23-18)15-8-4-2-5-9-15/h2-12H,13-14H2,1H3,(H2,21,22,23,24). The van der Waals surface area contributed by atoms with E-state index in [0.717, 1.165) is 22.9 Å². The molecule has 0 bridgehead atoms. The summed E-state index contributed by atoms with van der Waals surface area (Å²) in [4.78, 5) is 9.37. The highest BCUT2D eigenvalue weighted by Gasteiger charge is 2.33. The van der Waals surface area contributed by atoms with Crippen molar-refractivity contribution in [3.63, 3.8) is 0 Å². The number of rotatable bonds is 5. The van der Waals surface area contributed by atoms with Crippen LogP contribution < -0.4 is 10.6 Å². The first-order valence-electron chi connectivity index (χ1n) is 8.33. The lowest BCUT2D eigenvalue weighted by atomic mass is 10.0. The first-order chi connectivity index (χ1) is 12.2. The number of para-hydroxylation sites is 1. The SMILES string of the molecule is CC1(Nc2cc(Nc3ccccc3)nc(-c3ccccc3)n2)COC1. The van der Waals surface area contributed by atoms with Crippen LogP contribution in [0.1, 0.15) is 6.92 Å². The molecule has 0 aliphatic carbocycles. The average molecular weight is 332 g/mol. The monoisotopic (exact) mass is 332 g/mol. The fourth-order valence-electron chi connectivity index (χ4n) is 2.75. The molecule has 1 saturated heterocycles. The van der Waals surface area contributed by atoms with Crippen molar-refractivity contribution in [2.45, 2.75) is 12.5 Å². The van der Waals surface area contributed by atoms with Gasteiger partial charge in [-0.25, -0.2) is 9.97 Å². The minimum absolute atomic E-state index is 0.0771. The molecule has 0 amide bonds. The molecule has 5 heteroatoms. The van der Waals surface area contributed by atoms with Gasteiger partial charge in [-0.3, -0.25) is 0 Å². The largest absolute Gasteiger partial charge is 0.376 e. The molecule has 1 aliphatic heterocycles. The van der Waals surface area contributed by atoms with E-state index in [0.29, 0.717) is 19.0 Å². The number of anilines is 3. The molecular formula is C20H20N4O. The van der Waals surface area contributed by atoms with Gasteiger partial charge in [0.25, 0.3) is 0 Å². The number of benzene rings is 2. The van der Waals surface area contributed by atoms with Crippen LogP contribution in [0, 0.1) is 0 Å². The highest BCUT2D eigenvalue weighted by Crippen LogP contribution is 2.26. The molecule has 0 atom stereocenters. The Morgan fingerprint density at radius 3 is 2.16 bits per heavy atom. The zero-order valence-corrected chi connectivity index (χ0v) is 14.1. The third kappa shape index (κ3) is 3.61. The van der Waals surface area contributed by atoms with Crippen LogP contribution in [-0.2, 0) is 4.74 Å². The number of nitrogens with one attached hydrogen (secondary N) is 2. The van der Waals surface area contributed by atoms with E-state index in [9.17, 15) is 0 Å². The summed E-state index contributed by atoms with van der Waals surface area (Å²) in [7, 11) is 0. The summed E-state index contributed by atoms with van der Waals surface area (Å²) >= 11 is 0. The summed E-state index contributed by atoms with van der Waals surface area (Å²) in [5, 5.41) is 6.83. The summed E-state index contributed by atoms with van der Waals surface area (Å²) in [5.41, 5.74) is 1.90. The zero-order chi connectivity index (χ0) is 17.1. The molecule has 126 valence electrons. The number of aromatic nitrogens is 2. The van der Waals surface area contributed by atoms with E-state index in [-0.39, 0.29) is 5.54 Å². The van der Waals surface area contributed by atoms with Crippen LogP contribution in [0.5, 0.6) is 0 Å². The zero-order valence-electron chi connectivity index (χ0n) is 14.1. The van der Waals surface area contributed by atoms with E-state index in [1.54, 1.807) is 0 Å². The lowest BCUT2D eigenvalue weighted by Gasteiger charge is -2.39. The first-order valence-corrected chi connectivity index (χ1v) is 8.33. The predicted molar refractivity (Wildman–Crippen MR) is 100 cm³/mol. The van der Waals surface area contributed by atoms with E-state index >= 15 is 0 Å². The van der Waals surface area contributed by atoms with Gasteiger partial charge in [0, 0.05) is 17.3 Å². The second-order valence-electron chi connectivity index (χ2n) is 6.50. The molecule has 0 saturated carbocycles. The van der Waals surface area contributed by atoms with Crippen LogP contribution in [0.25, 0.3) is 11.4 Å². The fourth-order valence-corrected chi connectivity index (χ4v) is 2.75. The molecule has 4 rings (SSSR count). The van der Waals surface area contributed by atoms with Crippen molar-refractivity contribution >= 4 is 17.3 Å². The molecule has 1 aliphatic rings. The Morgan fingerprint density at radius 2 is 1.52 bits per heavy atom. The van der Waals surface area contributed by atoms with E-state index in [4.69, 9.17) is 9.72 Å². The van der Waals surface area contributed by atoms with Gasteiger partial charge in [0.05, 0.1) is 18.8 Å². The Morgan fingerprint density at radius 1 is 0.880 bits per heavy atom. The van der Waals surface area contributed by atoms with Crippen LogP contribution in [0.15, 0.2) is 66.7 Å². The molecule has 2 aromatic carbocycles. The third-order valence-electron chi connectivity index (χ3n) is 4.08. The van der Waals surface area contributed by atoms with Gasteiger partial charge < -0.3 is 15.4 Å². The molecule has 0 spiro atoms. The van der Waals surface area contributed by atoms with Crippen LogP contribution in [0.2, 0.25) is 0 Å². The molecule has 0 radical (unpaired) electrons. The fraction of sp³-hybridized carbons (Fsp3) is 0.200. The van der Waals surface area contributed by atoms with Crippen LogP contribution in [0.4, 0.5) is 17.3 Å². The molecule has 2 N–H and O–H groups in total. The van der Waals surface area contributed by atoms with E-state index in [1.807, 2.05) is 66.7 Å². The third-order valence-corrected chi connectivity index (χ3v) is 4.08. The summed E-state index contributed by atoms with van der Waals surface area (Å²) in [5.74, 6) is 2.23. The maximum Gasteiger partial charge on any atom is 0.163 e. The molecule has 25 heavy (non-hydrogen) atoms. The molecule has 5 nitrogen and oxygen atoms in total. The second kappa shape index (κ2) is 6.53. The Balaban J connectivity index is 1.69. The van der Waals surface area contributed by atoms with Crippen molar-refractivity contribution in [3.05, 3.63) is 66.7 Å². The van der Waals surface area contributed by atoms with E-state index in [1.165, 1.54) is 0 Å². The normalized spacial score (nSPS) is 15.2. The highest BCUT2D eigenvalue weighted by atomic mass is 16.5. The predicted octanol–water partition coefficient (Wildman–Crippen LogP) is 4.09. The topological polar surface area (TPSA) is 59.1 Å². The van der Waals surface area contributed by atoms with Crippen molar-refractivity contribution in [2.24, 2.45) is 0 Å². The number of nitrogens with zero attached hydrogens (tertiary/aromatic N) is 2. The minimum atomic E-state index is -0.0771. The summed E-state index contributed by atoms with van der Waals surface area (Å²) < 4.78 is 5.33. The van der Waals surface area contributed by atoms with Crippen LogP contribution >= 0.6 is 0 Å². The summed E-state index contributed by atoms with van der Waals surface area (Å²) in [6, 6.07) is 21.9. The smallest absolute Gasteiger partial charge is 0.163 e. The molecule has 0 unspecified atom stereocenters. The molecule has 1 fully saturated rings. The average Bonchev–Trinajstić information content (AvgIpc) is 2.62. The van der Waals surface area contributed by atoms with Gasteiger partial charge >= 0.3 is 0 Å². The second-order valence-corrected chi connectivity index (χ2v) is 6.50. The Bertz CT molecular complexity index is 848. The highest BCUT2D eigenvalue weighted by molar-refractivity contribution is 5.65. The number of hydrogen-bond acceptors (Lipinski definition) is 5. The van der Waals surface area contributed by atoms with Gasteiger partial charge in [0.1, 0.15) is 11.6 Å². The van der Waals surface area contributed by atoms with Crippen LogP contribution in [-0.4, -0.2) is 28.7 Å². The van der Waals surface area contributed by atoms with E-state index < -0.39 is 0 Å². The van der Waals surface area contributed by atoms with Gasteiger partial charge in [-0.2, -0.15) is 0 Å². The Hall–Kier alpha value is -2.92. The first kappa shape index (κ1) is 15.6. The minimum Gasteiger partial charge on any atom is -0.376 e. The number of hydrogen-bond donors (Lipinski definition) is 2. The van der Waals surface area contributed by atoms with Crippen molar-refractivity contribution in [1.82, 2.24) is 9.97 Å². The van der Waals surface area contributed by atoms with Gasteiger partial charge in [-0.15, -0.1) is 0 Å². The maximum absolute atomic E-state index is 5.33. The Kier molecular flexibility index (Phi) is 4.07.